The zero-order valence-corrected chi connectivity index (χ0v) is 17.4. The van der Waals surface area contributed by atoms with E-state index in [1.165, 1.54) is 34.8 Å². The highest BCUT2D eigenvalue weighted by Crippen LogP contribution is 2.27. The number of amides is 1. The van der Waals surface area contributed by atoms with Gasteiger partial charge in [0.25, 0.3) is 5.91 Å². The summed E-state index contributed by atoms with van der Waals surface area (Å²) in [6.45, 7) is 0.664. The first-order valence-electron chi connectivity index (χ1n) is 9.25. The Morgan fingerprint density at radius 1 is 1.22 bits per heavy atom. The first-order valence-corrected chi connectivity index (χ1v) is 10.9. The van der Waals surface area contributed by atoms with Crippen LogP contribution >= 0.6 is 27.3 Å². The van der Waals surface area contributed by atoms with Gasteiger partial charge in [-0.3, -0.25) is 4.79 Å². The highest BCUT2D eigenvalue weighted by molar-refractivity contribution is 9.10. The number of carbonyl (C=O) groups excluding carboxylic acids is 1. The number of nitrogens with zero attached hydrogens (tertiary/aromatic N) is 3. The Balaban J connectivity index is 1.26. The summed E-state index contributed by atoms with van der Waals surface area (Å²) in [6.07, 6.45) is 10.3. The van der Waals surface area contributed by atoms with Crippen molar-refractivity contribution in [3.63, 3.8) is 0 Å². The quantitative estimate of drug-likeness (QED) is 0.575. The average Bonchev–Trinajstić information content (AvgIpc) is 3.31. The van der Waals surface area contributed by atoms with Crippen molar-refractivity contribution < 1.29 is 4.79 Å². The minimum Gasteiger partial charge on any atom is -0.352 e. The molecule has 1 aromatic carbocycles. The smallest absolute Gasteiger partial charge is 0.251 e. The van der Waals surface area contributed by atoms with Crippen molar-refractivity contribution in [1.29, 1.82) is 0 Å². The zero-order valence-electron chi connectivity index (χ0n) is 14.9. The predicted octanol–water partition coefficient (Wildman–Crippen LogP) is 4.33. The van der Waals surface area contributed by atoms with Gasteiger partial charge in [0.1, 0.15) is 0 Å². The number of hydrogen-bond donors (Lipinski definition) is 1. The van der Waals surface area contributed by atoms with Crippen molar-refractivity contribution in [1.82, 2.24) is 20.1 Å². The van der Waals surface area contributed by atoms with Gasteiger partial charge in [0.05, 0.1) is 27.1 Å². The molecule has 0 unspecified atom stereocenters. The molecule has 0 atom stereocenters. The summed E-state index contributed by atoms with van der Waals surface area (Å²) in [5.41, 5.74) is 2.90. The topological polar surface area (TPSA) is 59.8 Å². The van der Waals surface area contributed by atoms with Crippen LogP contribution in [-0.4, -0.2) is 27.2 Å². The SMILES string of the molecule is O=C(NCCCc1nc2c(s1)CCCC2)c1ccc(-n2cc(Br)cn2)cc1. The van der Waals surface area contributed by atoms with E-state index >= 15 is 0 Å². The number of hydrogen-bond acceptors (Lipinski definition) is 4. The summed E-state index contributed by atoms with van der Waals surface area (Å²) < 4.78 is 2.68. The minimum atomic E-state index is -0.0402. The molecule has 2 aromatic heterocycles. The van der Waals surface area contributed by atoms with Crippen LogP contribution in [0.1, 0.15) is 45.2 Å². The summed E-state index contributed by atoms with van der Waals surface area (Å²) >= 11 is 5.24. The second-order valence-electron chi connectivity index (χ2n) is 6.69. The van der Waals surface area contributed by atoms with E-state index in [-0.39, 0.29) is 5.91 Å². The summed E-state index contributed by atoms with van der Waals surface area (Å²) in [5, 5.41) is 8.45. The molecule has 1 aliphatic rings. The summed E-state index contributed by atoms with van der Waals surface area (Å²) in [7, 11) is 0. The molecule has 0 aliphatic heterocycles. The highest BCUT2D eigenvalue weighted by atomic mass is 79.9. The van der Waals surface area contributed by atoms with Crippen LogP contribution in [0.2, 0.25) is 0 Å². The number of thiazole rings is 1. The van der Waals surface area contributed by atoms with Crippen LogP contribution < -0.4 is 5.32 Å². The molecule has 1 N–H and O–H groups in total. The van der Waals surface area contributed by atoms with Gasteiger partial charge < -0.3 is 5.32 Å². The van der Waals surface area contributed by atoms with E-state index in [1.54, 1.807) is 10.9 Å². The number of fused-ring (bicyclic) bond motifs is 1. The van der Waals surface area contributed by atoms with Crippen molar-refractivity contribution >= 4 is 33.2 Å². The first kappa shape index (κ1) is 18.4. The molecule has 0 spiro atoms. The van der Waals surface area contributed by atoms with Crippen molar-refractivity contribution in [3.05, 3.63) is 62.3 Å². The molecule has 0 saturated heterocycles. The van der Waals surface area contributed by atoms with E-state index in [1.807, 2.05) is 41.8 Å². The number of aryl methyl sites for hydroxylation is 3. The maximum absolute atomic E-state index is 12.3. The van der Waals surface area contributed by atoms with Crippen LogP contribution in [0.15, 0.2) is 41.1 Å². The van der Waals surface area contributed by atoms with Gasteiger partial charge >= 0.3 is 0 Å². The van der Waals surface area contributed by atoms with Gasteiger partial charge in [0, 0.05) is 29.6 Å². The van der Waals surface area contributed by atoms with Gasteiger partial charge in [-0.2, -0.15) is 5.10 Å². The lowest BCUT2D eigenvalue weighted by Gasteiger charge is -2.06. The molecule has 1 amide bonds. The normalized spacial score (nSPS) is 13.4. The Morgan fingerprint density at radius 3 is 2.78 bits per heavy atom. The van der Waals surface area contributed by atoms with Gasteiger partial charge in [-0.15, -0.1) is 11.3 Å². The van der Waals surface area contributed by atoms with E-state index in [4.69, 9.17) is 4.98 Å². The molecule has 2 heterocycles. The largest absolute Gasteiger partial charge is 0.352 e. The maximum atomic E-state index is 12.3. The van der Waals surface area contributed by atoms with Crippen molar-refractivity contribution in [3.8, 4) is 5.69 Å². The number of benzene rings is 1. The Bertz CT molecular complexity index is 908. The molecule has 140 valence electrons. The third kappa shape index (κ3) is 4.47. The Hall–Kier alpha value is -1.99. The Morgan fingerprint density at radius 2 is 2.04 bits per heavy atom. The lowest BCUT2D eigenvalue weighted by atomic mass is 10.0. The van der Waals surface area contributed by atoms with Crippen molar-refractivity contribution in [2.75, 3.05) is 6.54 Å². The second kappa shape index (κ2) is 8.35. The van der Waals surface area contributed by atoms with E-state index in [0.717, 1.165) is 29.4 Å². The molecule has 0 radical (unpaired) electrons. The third-order valence-electron chi connectivity index (χ3n) is 4.69. The van der Waals surface area contributed by atoms with Crippen LogP contribution in [0, 0.1) is 0 Å². The fourth-order valence-corrected chi connectivity index (χ4v) is 4.75. The molecule has 3 aromatic rings. The van der Waals surface area contributed by atoms with E-state index in [9.17, 15) is 4.79 Å². The van der Waals surface area contributed by atoms with Gasteiger partial charge in [0.15, 0.2) is 0 Å². The van der Waals surface area contributed by atoms with Crippen LogP contribution in [0.5, 0.6) is 0 Å². The lowest BCUT2D eigenvalue weighted by Crippen LogP contribution is -2.24. The predicted molar refractivity (Wildman–Crippen MR) is 111 cm³/mol. The first-order chi connectivity index (χ1) is 13.2. The number of rotatable bonds is 6. The van der Waals surface area contributed by atoms with Gasteiger partial charge in [-0.25, -0.2) is 9.67 Å². The molecule has 4 rings (SSSR count). The van der Waals surface area contributed by atoms with Crippen molar-refractivity contribution in [2.24, 2.45) is 0 Å². The molecule has 0 saturated carbocycles. The van der Waals surface area contributed by atoms with Gasteiger partial charge in [-0.1, -0.05) is 0 Å². The highest BCUT2D eigenvalue weighted by Gasteiger charge is 2.14. The molecular formula is C20H21BrN4OS. The number of carbonyl (C=O) groups is 1. The average molecular weight is 445 g/mol. The molecule has 27 heavy (non-hydrogen) atoms. The fraction of sp³-hybridized carbons (Fsp3) is 0.350. The summed E-state index contributed by atoms with van der Waals surface area (Å²) in [4.78, 5) is 18.5. The monoisotopic (exact) mass is 444 g/mol. The summed E-state index contributed by atoms with van der Waals surface area (Å²) in [5.74, 6) is -0.0402. The van der Waals surface area contributed by atoms with E-state index in [2.05, 4.69) is 26.3 Å². The van der Waals surface area contributed by atoms with E-state index < -0.39 is 0 Å². The molecule has 5 nitrogen and oxygen atoms in total. The van der Waals surface area contributed by atoms with Gasteiger partial charge in [-0.05, 0) is 72.3 Å². The van der Waals surface area contributed by atoms with E-state index in [0.29, 0.717) is 12.1 Å². The standard InChI is InChI=1S/C20H21BrN4OS/c21-15-12-23-25(13-15)16-9-7-14(8-10-16)20(26)22-11-3-6-19-24-17-4-1-2-5-18(17)27-19/h7-10,12-13H,1-6,11H2,(H,22,26). The van der Waals surface area contributed by atoms with Gasteiger partial charge in [0.2, 0.25) is 0 Å². The van der Waals surface area contributed by atoms with Crippen molar-refractivity contribution in [2.45, 2.75) is 38.5 Å². The maximum Gasteiger partial charge on any atom is 0.251 e. The fourth-order valence-electron chi connectivity index (χ4n) is 3.26. The Kier molecular flexibility index (Phi) is 5.69. The number of halogens is 1. The van der Waals surface area contributed by atoms with Crippen LogP contribution in [0.3, 0.4) is 0 Å². The zero-order chi connectivity index (χ0) is 18.6. The third-order valence-corrected chi connectivity index (χ3v) is 6.31. The number of nitrogens with one attached hydrogen (secondary N) is 1. The molecule has 1 aliphatic carbocycles. The van der Waals surface area contributed by atoms with Crippen LogP contribution in [-0.2, 0) is 19.3 Å². The lowest BCUT2D eigenvalue weighted by molar-refractivity contribution is 0.0953. The minimum absolute atomic E-state index is 0.0402. The second-order valence-corrected chi connectivity index (χ2v) is 8.78. The van der Waals surface area contributed by atoms with Crippen LogP contribution in [0.4, 0.5) is 0 Å². The number of aromatic nitrogens is 3. The summed E-state index contributed by atoms with van der Waals surface area (Å²) in [6, 6.07) is 7.45. The molecule has 0 fully saturated rings. The Labute approximate surface area is 171 Å². The molecular weight excluding hydrogens is 424 g/mol. The molecule has 7 heteroatoms. The van der Waals surface area contributed by atoms with Crippen LogP contribution in [0.25, 0.3) is 5.69 Å². The molecule has 0 bridgehead atoms.